The van der Waals surface area contributed by atoms with Gasteiger partial charge in [0, 0.05) is 15.4 Å². The summed E-state index contributed by atoms with van der Waals surface area (Å²) in [7, 11) is 0. The summed E-state index contributed by atoms with van der Waals surface area (Å²) >= 11 is 5.14. The lowest BCUT2D eigenvalue weighted by molar-refractivity contribution is -0.139. The Morgan fingerprint density at radius 2 is 2.22 bits per heavy atom. The number of rotatable bonds is 5. The molecule has 1 heterocycles. The van der Waals surface area contributed by atoms with E-state index in [0.29, 0.717) is 0 Å². The first-order chi connectivity index (χ1) is 8.52. The van der Waals surface area contributed by atoms with E-state index in [1.807, 2.05) is 11.4 Å². The molecule has 2 rings (SSSR count). The maximum atomic E-state index is 11.0. The number of hydrogen-bond donors (Lipinski definition) is 2. The van der Waals surface area contributed by atoms with Crippen molar-refractivity contribution in [1.29, 1.82) is 0 Å². The van der Waals surface area contributed by atoms with Crippen molar-refractivity contribution in [2.75, 3.05) is 0 Å². The molecule has 5 heteroatoms. The van der Waals surface area contributed by atoms with Gasteiger partial charge in [-0.3, -0.25) is 4.79 Å². The summed E-state index contributed by atoms with van der Waals surface area (Å²) in [5.74, 6) is -0.700. The minimum absolute atomic E-state index is 0.0585. The predicted octanol–water partition coefficient (Wildman–Crippen LogP) is 3.94. The van der Waals surface area contributed by atoms with Crippen molar-refractivity contribution in [3.05, 3.63) is 20.8 Å². The third kappa shape index (κ3) is 3.13. The van der Waals surface area contributed by atoms with E-state index >= 15 is 0 Å². The largest absolute Gasteiger partial charge is 0.481 e. The normalized spacial score (nSPS) is 19.9. The first kappa shape index (κ1) is 14.0. The standard InChI is InChI=1S/C13H18BrNO2S/c14-9-3-6-18-12(9)10(15)7-13(8-11(16)17)4-1-2-5-13/h3,6,10H,1-2,4-5,7-8,15H2,(H,16,17). The van der Waals surface area contributed by atoms with Crippen LogP contribution in [0.15, 0.2) is 15.9 Å². The van der Waals surface area contributed by atoms with Crippen LogP contribution in [0.2, 0.25) is 0 Å². The average Bonchev–Trinajstić information content (AvgIpc) is 2.86. The molecular weight excluding hydrogens is 314 g/mol. The molecule has 0 aromatic carbocycles. The van der Waals surface area contributed by atoms with Gasteiger partial charge in [0.25, 0.3) is 0 Å². The van der Waals surface area contributed by atoms with E-state index in [4.69, 9.17) is 10.8 Å². The lowest BCUT2D eigenvalue weighted by atomic mass is 9.77. The van der Waals surface area contributed by atoms with Crippen LogP contribution in [0.1, 0.15) is 49.4 Å². The molecule has 1 aliphatic rings. The van der Waals surface area contributed by atoms with E-state index in [9.17, 15) is 4.79 Å². The van der Waals surface area contributed by atoms with Gasteiger partial charge >= 0.3 is 5.97 Å². The second-order valence-corrected chi connectivity index (χ2v) is 7.02. The molecule has 1 aromatic heterocycles. The Morgan fingerprint density at radius 1 is 1.56 bits per heavy atom. The number of nitrogens with two attached hydrogens (primary N) is 1. The Morgan fingerprint density at radius 3 is 2.72 bits per heavy atom. The van der Waals surface area contributed by atoms with Crippen LogP contribution in [0.25, 0.3) is 0 Å². The molecule has 1 fully saturated rings. The Kier molecular flexibility index (Phi) is 4.45. The summed E-state index contributed by atoms with van der Waals surface area (Å²) in [6.45, 7) is 0. The second kappa shape index (κ2) is 5.72. The van der Waals surface area contributed by atoms with Gasteiger partial charge in [-0.05, 0) is 52.1 Å². The third-order valence-corrected chi connectivity index (χ3v) is 5.83. The maximum Gasteiger partial charge on any atom is 0.303 e. The van der Waals surface area contributed by atoms with Gasteiger partial charge in [0.1, 0.15) is 0 Å². The number of carboxylic acids is 1. The van der Waals surface area contributed by atoms with Crippen molar-refractivity contribution in [3.8, 4) is 0 Å². The summed E-state index contributed by atoms with van der Waals surface area (Å²) in [4.78, 5) is 12.2. The fraction of sp³-hybridized carbons (Fsp3) is 0.615. The van der Waals surface area contributed by atoms with Gasteiger partial charge in [0.15, 0.2) is 0 Å². The smallest absolute Gasteiger partial charge is 0.303 e. The van der Waals surface area contributed by atoms with Gasteiger partial charge in [0.2, 0.25) is 0 Å². The lowest BCUT2D eigenvalue weighted by Crippen LogP contribution is -2.26. The van der Waals surface area contributed by atoms with Gasteiger partial charge in [0.05, 0.1) is 6.42 Å². The first-order valence-corrected chi connectivity index (χ1v) is 7.90. The predicted molar refractivity (Wildman–Crippen MR) is 76.7 cm³/mol. The lowest BCUT2D eigenvalue weighted by Gasteiger charge is -2.30. The minimum Gasteiger partial charge on any atom is -0.481 e. The van der Waals surface area contributed by atoms with Crippen LogP contribution in [-0.4, -0.2) is 11.1 Å². The Bertz CT molecular complexity index is 426. The number of halogens is 1. The summed E-state index contributed by atoms with van der Waals surface area (Å²) in [5.41, 5.74) is 6.18. The zero-order valence-corrected chi connectivity index (χ0v) is 12.6. The van der Waals surface area contributed by atoms with Crippen LogP contribution >= 0.6 is 27.3 Å². The van der Waals surface area contributed by atoms with Crippen molar-refractivity contribution < 1.29 is 9.90 Å². The van der Waals surface area contributed by atoms with Crippen molar-refractivity contribution in [2.24, 2.45) is 11.1 Å². The average molecular weight is 332 g/mol. The van der Waals surface area contributed by atoms with Crippen LogP contribution in [-0.2, 0) is 4.79 Å². The second-order valence-electron chi connectivity index (χ2n) is 5.22. The molecule has 0 spiro atoms. The zero-order valence-electron chi connectivity index (χ0n) is 10.2. The van der Waals surface area contributed by atoms with Crippen molar-refractivity contribution in [2.45, 2.75) is 44.6 Å². The molecular formula is C13H18BrNO2S. The highest BCUT2D eigenvalue weighted by atomic mass is 79.9. The molecule has 3 nitrogen and oxygen atoms in total. The van der Waals surface area contributed by atoms with E-state index in [1.165, 1.54) is 0 Å². The Balaban J connectivity index is 2.10. The molecule has 0 saturated heterocycles. The van der Waals surface area contributed by atoms with E-state index in [0.717, 1.165) is 41.5 Å². The fourth-order valence-electron chi connectivity index (χ4n) is 3.03. The molecule has 3 N–H and O–H groups in total. The number of hydrogen-bond acceptors (Lipinski definition) is 3. The molecule has 1 saturated carbocycles. The van der Waals surface area contributed by atoms with Gasteiger partial charge in [-0.15, -0.1) is 11.3 Å². The number of thiophene rings is 1. The van der Waals surface area contributed by atoms with E-state index < -0.39 is 5.97 Å². The number of aliphatic carboxylic acids is 1. The molecule has 1 aliphatic carbocycles. The molecule has 0 bridgehead atoms. The third-order valence-electron chi connectivity index (χ3n) is 3.82. The maximum absolute atomic E-state index is 11.0. The van der Waals surface area contributed by atoms with E-state index in [1.54, 1.807) is 11.3 Å². The molecule has 0 radical (unpaired) electrons. The van der Waals surface area contributed by atoms with E-state index in [2.05, 4.69) is 15.9 Å². The minimum atomic E-state index is -0.700. The quantitative estimate of drug-likeness (QED) is 0.858. The van der Waals surface area contributed by atoms with Gasteiger partial charge < -0.3 is 10.8 Å². The first-order valence-electron chi connectivity index (χ1n) is 6.23. The fourth-order valence-corrected chi connectivity index (χ4v) is 4.70. The van der Waals surface area contributed by atoms with Gasteiger partial charge in [-0.25, -0.2) is 0 Å². The number of carbonyl (C=O) groups is 1. The number of carboxylic acid groups (broad SMARTS) is 1. The molecule has 0 aliphatic heterocycles. The highest BCUT2D eigenvalue weighted by molar-refractivity contribution is 9.10. The molecule has 100 valence electrons. The molecule has 1 atom stereocenters. The zero-order chi connectivity index (χ0) is 13.2. The monoisotopic (exact) mass is 331 g/mol. The molecule has 0 amide bonds. The van der Waals surface area contributed by atoms with Crippen molar-refractivity contribution >= 4 is 33.2 Å². The van der Waals surface area contributed by atoms with Crippen molar-refractivity contribution in [1.82, 2.24) is 0 Å². The van der Waals surface area contributed by atoms with E-state index in [-0.39, 0.29) is 17.9 Å². The molecule has 18 heavy (non-hydrogen) atoms. The summed E-state index contributed by atoms with van der Waals surface area (Å²) in [6.07, 6.45) is 5.28. The molecule has 1 unspecified atom stereocenters. The van der Waals surface area contributed by atoms with Gasteiger partial charge in [-0.2, -0.15) is 0 Å². The highest BCUT2D eigenvalue weighted by Crippen LogP contribution is 2.47. The Labute approximate surface area is 120 Å². The summed E-state index contributed by atoms with van der Waals surface area (Å²) in [6, 6.07) is 1.94. The van der Waals surface area contributed by atoms with Crippen LogP contribution in [0.4, 0.5) is 0 Å². The van der Waals surface area contributed by atoms with Crippen LogP contribution in [0.3, 0.4) is 0 Å². The van der Waals surface area contributed by atoms with Crippen LogP contribution in [0, 0.1) is 5.41 Å². The van der Waals surface area contributed by atoms with Gasteiger partial charge in [-0.1, -0.05) is 12.8 Å². The summed E-state index contributed by atoms with van der Waals surface area (Å²) < 4.78 is 1.04. The topological polar surface area (TPSA) is 63.3 Å². The SMILES string of the molecule is NC(CC1(CC(=O)O)CCCC1)c1sccc1Br. The van der Waals surface area contributed by atoms with Crippen molar-refractivity contribution in [3.63, 3.8) is 0 Å². The van der Waals surface area contributed by atoms with Crippen LogP contribution in [0.5, 0.6) is 0 Å². The Hall–Kier alpha value is -0.390. The highest BCUT2D eigenvalue weighted by Gasteiger charge is 2.38. The summed E-state index contributed by atoms with van der Waals surface area (Å²) in [5, 5.41) is 11.1. The van der Waals surface area contributed by atoms with Crippen LogP contribution < -0.4 is 5.73 Å². The molecule has 1 aromatic rings.